The van der Waals surface area contributed by atoms with E-state index in [-0.39, 0.29) is 30.6 Å². The van der Waals surface area contributed by atoms with Gasteiger partial charge in [0.25, 0.3) is 5.89 Å². The SMILES string of the molecule is CN(Cc1ccc(-c2noc(-c3ccc(-c4ccccc4)c(F)c3)n2)cc1)C1CC(C(=O)O)(C(=O)O)C1. The van der Waals surface area contributed by atoms with Crippen LogP contribution in [0, 0.1) is 11.2 Å². The van der Waals surface area contributed by atoms with Crippen molar-refractivity contribution in [3.63, 3.8) is 0 Å². The van der Waals surface area contributed by atoms with Crippen molar-refractivity contribution >= 4 is 11.9 Å². The van der Waals surface area contributed by atoms with Gasteiger partial charge >= 0.3 is 11.9 Å². The molecule has 1 aliphatic carbocycles. The van der Waals surface area contributed by atoms with E-state index in [1.54, 1.807) is 12.1 Å². The summed E-state index contributed by atoms with van der Waals surface area (Å²) >= 11 is 0. The fourth-order valence-corrected chi connectivity index (χ4v) is 4.63. The number of carboxylic acids is 2. The van der Waals surface area contributed by atoms with Crippen LogP contribution in [0.1, 0.15) is 18.4 Å². The number of aromatic nitrogens is 2. The van der Waals surface area contributed by atoms with E-state index in [1.165, 1.54) is 6.07 Å². The van der Waals surface area contributed by atoms with E-state index in [2.05, 4.69) is 10.1 Å². The average molecular weight is 502 g/mol. The van der Waals surface area contributed by atoms with Crippen molar-refractivity contribution in [3.8, 4) is 34.0 Å². The largest absolute Gasteiger partial charge is 0.480 e. The highest BCUT2D eigenvalue weighted by atomic mass is 19.1. The maximum atomic E-state index is 14.8. The molecular formula is C28H24FN3O5. The summed E-state index contributed by atoms with van der Waals surface area (Å²) in [5.74, 6) is -2.38. The minimum absolute atomic E-state index is 0.0742. The van der Waals surface area contributed by atoms with Crippen LogP contribution in [0.4, 0.5) is 4.39 Å². The Kier molecular flexibility index (Phi) is 6.31. The first-order valence-electron chi connectivity index (χ1n) is 11.7. The molecule has 0 spiro atoms. The monoisotopic (exact) mass is 501 g/mol. The molecule has 4 aromatic rings. The lowest BCUT2D eigenvalue weighted by Crippen LogP contribution is -2.57. The van der Waals surface area contributed by atoms with E-state index < -0.39 is 17.4 Å². The van der Waals surface area contributed by atoms with E-state index in [0.29, 0.717) is 23.5 Å². The maximum Gasteiger partial charge on any atom is 0.321 e. The number of benzene rings is 3. The Balaban J connectivity index is 1.25. The fourth-order valence-electron chi connectivity index (χ4n) is 4.63. The number of halogens is 1. The van der Waals surface area contributed by atoms with Crippen LogP contribution in [0.2, 0.25) is 0 Å². The van der Waals surface area contributed by atoms with Crippen molar-refractivity contribution < 1.29 is 28.7 Å². The molecule has 9 heteroatoms. The Bertz CT molecular complexity index is 1430. The highest BCUT2D eigenvalue weighted by molar-refractivity contribution is 5.99. The third-order valence-corrected chi connectivity index (χ3v) is 6.98. The minimum Gasteiger partial charge on any atom is -0.480 e. The van der Waals surface area contributed by atoms with E-state index in [0.717, 1.165) is 16.7 Å². The van der Waals surface area contributed by atoms with Gasteiger partial charge < -0.3 is 14.7 Å². The summed E-state index contributed by atoms with van der Waals surface area (Å²) in [5, 5.41) is 22.6. The predicted octanol–water partition coefficient (Wildman–Crippen LogP) is 4.96. The molecular weight excluding hydrogens is 477 g/mol. The van der Waals surface area contributed by atoms with E-state index in [9.17, 15) is 24.2 Å². The molecule has 0 bridgehead atoms. The molecule has 0 saturated heterocycles. The van der Waals surface area contributed by atoms with Crippen molar-refractivity contribution in [1.82, 2.24) is 15.0 Å². The molecule has 0 unspecified atom stereocenters. The Morgan fingerprint density at radius 2 is 1.62 bits per heavy atom. The van der Waals surface area contributed by atoms with Crippen molar-refractivity contribution in [2.45, 2.75) is 25.4 Å². The van der Waals surface area contributed by atoms with Gasteiger partial charge in [-0.15, -0.1) is 0 Å². The third kappa shape index (κ3) is 4.61. The Labute approximate surface area is 212 Å². The van der Waals surface area contributed by atoms with Gasteiger partial charge in [-0.2, -0.15) is 4.98 Å². The topological polar surface area (TPSA) is 117 Å². The highest BCUT2D eigenvalue weighted by Crippen LogP contribution is 2.44. The van der Waals surface area contributed by atoms with Crippen LogP contribution in [-0.2, 0) is 16.1 Å². The molecule has 0 atom stereocenters. The number of rotatable bonds is 8. The zero-order valence-electron chi connectivity index (χ0n) is 20.0. The van der Waals surface area contributed by atoms with Crippen molar-refractivity contribution in [2.75, 3.05) is 7.05 Å². The molecule has 2 N–H and O–H groups in total. The summed E-state index contributed by atoms with van der Waals surface area (Å²) < 4.78 is 20.1. The van der Waals surface area contributed by atoms with Crippen LogP contribution in [0.5, 0.6) is 0 Å². The van der Waals surface area contributed by atoms with Crippen LogP contribution < -0.4 is 0 Å². The summed E-state index contributed by atoms with van der Waals surface area (Å²) in [7, 11) is 1.85. The number of carbonyl (C=O) groups is 2. The van der Waals surface area contributed by atoms with Gasteiger partial charge in [0.05, 0.1) is 0 Å². The van der Waals surface area contributed by atoms with Crippen molar-refractivity contribution in [1.29, 1.82) is 0 Å². The second-order valence-electron chi connectivity index (χ2n) is 9.35. The summed E-state index contributed by atoms with van der Waals surface area (Å²) in [6.45, 7) is 0.533. The first-order valence-corrected chi connectivity index (χ1v) is 11.7. The quantitative estimate of drug-likeness (QED) is 0.326. The average Bonchev–Trinajstić information content (AvgIpc) is 3.34. The smallest absolute Gasteiger partial charge is 0.321 e. The molecule has 3 aromatic carbocycles. The van der Waals surface area contributed by atoms with Crippen LogP contribution in [-0.4, -0.2) is 50.3 Å². The second-order valence-corrected chi connectivity index (χ2v) is 9.35. The molecule has 0 radical (unpaired) electrons. The molecule has 1 saturated carbocycles. The molecule has 0 aliphatic heterocycles. The number of aliphatic carboxylic acids is 2. The number of carboxylic acid groups (broad SMARTS) is 2. The van der Waals surface area contributed by atoms with Gasteiger partial charge in [-0.1, -0.05) is 65.8 Å². The van der Waals surface area contributed by atoms with Crippen LogP contribution in [0.15, 0.2) is 77.3 Å². The standard InChI is InChI=1S/C28H24FN3O5/c1-32(21-14-28(15-21,26(33)34)27(35)36)16-17-7-9-19(10-8-17)24-30-25(37-31-24)20-11-12-22(23(29)13-20)18-5-3-2-4-6-18/h2-13,21H,14-16H2,1H3,(H,33,34)(H,35,36). The number of hydrogen-bond donors (Lipinski definition) is 2. The number of hydrogen-bond acceptors (Lipinski definition) is 6. The Hall–Kier alpha value is -4.37. The Morgan fingerprint density at radius 1 is 0.973 bits per heavy atom. The molecule has 188 valence electrons. The van der Waals surface area contributed by atoms with E-state index >= 15 is 0 Å². The summed E-state index contributed by atoms with van der Waals surface area (Å²) in [6, 6.07) is 21.4. The highest BCUT2D eigenvalue weighted by Gasteiger charge is 2.57. The summed E-state index contributed by atoms with van der Waals surface area (Å²) in [5.41, 5.74) is 1.75. The van der Waals surface area contributed by atoms with Gasteiger partial charge in [0, 0.05) is 29.3 Å². The van der Waals surface area contributed by atoms with Crippen molar-refractivity contribution in [3.05, 3.63) is 84.2 Å². The Morgan fingerprint density at radius 3 is 2.24 bits per heavy atom. The second kappa shape index (κ2) is 9.59. The number of nitrogens with zero attached hydrogens (tertiary/aromatic N) is 3. The molecule has 37 heavy (non-hydrogen) atoms. The van der Waals surface area contributed by atoms with Crippen LogP contribution in [0.3, 0.4) is 0 Å². The molecule has 1 heterocycles. The first-order chi connectivity index (χ1) is 17.8. The molecule has 8 nitrogen and oxygen atoms in total. The molecule has 0 amide bonds. The summed E-state index contributed by atoms with van der Waals surface area (Å²) in [6.07, 6.45) is 0.148. The fraction of sp³-hybridized carbons (Fsp3) is 0.214. The molecule has 5 rings (SSSR count). The lowest BCUT2D eigenvalue weighted by atomic mass is 9.65. The van der Waals surface area contributed by atoms with Gasteiger partial charge in [-0.05, 0) is 43.1 Å². The van der Waals surface area contributed by atoms with Gasteiger partial charge in [0.1, 0.15) is 5.82 Å². The van der Waals surface area contributed by atoms with Gasteiger partial charge in [-0.25, -0.2) is 4.39 Å². The predicted molar refractivity (Wildman–Crippen MR) is 133 cm³/mol. The van der Waals surface area contributed by atoms with Crippen LogP contribution in [0.25, 0.3) is 34.0 Å². The third-order valence-electron chi connectivity index (χ3n) is 6.98. The van der Waals surface area contributed by atoms with Gasteiger partial charge in [0.2, 0.25) is 5.82 Å². The maximum absolute atomic E-state index is 14.8. The zero-order valence-corrected chi connectivity index (χ0v) is 20.0. The summed E-state index contributed by atoms with van der Waals surface area (Å²) in [4.78, 5) is 29.2. The van der Waals surface area contributed by atoms with Crippen molar-refractivity contribution in [2.24, 2.45) is 5.41 Å². The lowest BCUT2D eigenvalue weighted by molar-refractivity contribution is -0.176. The first kappa shape index (κ1) is 24.3. The lowest BCUT2D eigenvalue weighted by Gasteiger charge is -2.45. The van der Waals surface area contributed by atoms with Crippen LogP contribution >= 0.6 is 0 Å². The molecule has 1 fully saturated rings. The normalized spacial score (nSPS) is 14.9. The zero-order chi connectivity index (χ0) is 26.2. The van der Waals surface area contributed by atoms with E-state index in [4.69, 9.17) is 4.52 Å². The molecule has 1 aromatic heterocycles. The van der Waals surface area contributed by atoms with Gasteiger partial charge in [-0.3, -0.25) is 14.5 Å². The van der Waals surface area contributed by atoms with Gasteiger partial charge in [0.15, 0.2) is 5.41 Å². The van der Waals surface area contributed by atoms with E-state index in [1.807, 2.05) is 66.5 Å². The minimum atomic E-state index is -1.69. The molecule has 1 aliphatic rings.